The average Bonchev–Trinajstić information content (AvgIpc) is 2.42. The smallest absolute Gasteiger partial charge is 0.262 e. The summed E-state index contributed by atoms with van der Waals surface area (Å²) >= 11 is 10.3. The standard InChI is InChI=1S/C16H14Br3NO2/c1-9-3-4-14(11(17)5-9)22-8-15(21)20-16-12(18)6-10(2)7-13(16)19/h3-7H,8H2,1-2H3,(H,20,21). The van der Waals surface area contributed by atoms with Crippen LogP contribution in [0.4, 0.5) is 5.69 Å². The zero-order valence-electron chi connectivity index (χ0n) is 12.0. The van der Waals surface area contributed by atoms with Crippen molar-refractivity contribution in [2.75, 3.05) is 11.9 Å². The van der Waals surface area contributed by atoms with Crippen LogP contribution in [0.25, 0.3) is 0 Å². The Labute approximate surface area is 154 Å². The molecule has 116 valence electrons. The fraction of sp³-hybridized carbons (Fsp3) is 0.188. The summed E-state index contributed by atoms with van der Waals surface area (Å²) in [6.45, 7) is 3.92. The van der Waals surface area contributed by atoms with Gasteiger partial charge in [-0.2, -0.15) is 0 Å². The monoisotopic (exact) mass is 489 g/mol. The normalized spacial score (nSPS) is 10.4. The third kappa shape index (κ3) is 4.57. The number of halogens is 3. The van der Waals surface area contributed by atoms with E-state index in [0.29, 0.717) is 11.4 Å². The molecule has 2 aromatic rings. The molecule has 1 amide bonds. The highest BCUT2D eigenvalue weighted by Crippen LogP contribution is 2.32. The van der Waals surface area contributed by atoms with Crippen molar-refractivity contribution in [1.82, 2.24) is 0 Å². The zero-order valence-corrected chi connectivity index (χ0v) is 16.8. The minimum atomic E-state index is -0.224. The van der Waals surface area contributed by atoms with Crippen LogP contribution in [0.1, 0.15) is 11.1 Å². The Balaban J connectivity index is 2.02. The number of amides is 1. The molecule has 0 aliphatic rings. The molecule has 0 aromatic heterocycles. The van der Waals surface area contributed by atoms with Crippen molar-refractivity contribution < 1.29 is 9.53 Å². The number of aryl methyl sites for hydroxylation is 2. The van der Waals surface area contributed by atoms with E-state index in [2.05, 4.69) is 53.1 Å². The van der Waals surface area contributed by atoms with E-state index in [1.165, 1.54) is 0 Å². The molecule has 1 N–H and O–H groups in total. The minimum Gasteiger partial charge on any atom is -0.483 e. The highest BCUT2D eigenvalue weighted by atomic mass is 79.9. The molecule has 0 aliphatic carbocycles. The van der Waals surface area contributed by atoms with Gasteiger partial charge in [0.1, 0.15) is 5.75 Å². The Morgan fingerprint density at radius 3 is 2.18 bits per heavy atom. The summed E-state index contributed by atoms with van der Waals surface area (Å²) in [5.74, 6) is 0.417. The summed E-state index contributed by atoms with van der Waals surface area (Å²) in [4.78, 5) is 12.1. The van der Waals surface area contributed by atoms with E-state index in [1.54, 1.807) is 0 Å². The van der Waals surface area contributed by atoms with Crippen molar-refractivity contribution in [3.63, 3.8) is 0 Å². The lowest BCUT2D eigenvalue weighted by atomic mass is 10.2. The second-order valence-electron chi connectivity index (χ2n) is 4.87. The molecule has 0 atom stereocenters. The second kappa shape index (κ2) is 7.62. The van der Waals surface area contributed by atoms with E-state index in [0.717, 1.165) is 24.5 Å². The van der Waals surface area contributed by atoms with Crippen LogP contribution in [0.5, 0.6) is 5.75 Å². The molecule has 0 spiro atoms. The molecule has 0 heterocycles. The van der Waals surface area contributed by atoms with Crippen LogP contribution in [0.15, 0.2) is 43.7 Å². The zero-order chi connectivity index (χ0) is 16.3. The lowest BCUT2D eigenvalue weighted by Gasteiger charge is -2.12. The van der Waals surface area contributed by atoms with Crippen LogP contribution in [0, 0.1) is 13.8 Å². The quantitative estimate of drug-likeness (QED) is 0.604. The van der Waals surface area contributed by atoms with Gasteiger partial charge >= 0.3 is 0 Å². The predicted molar refractivity (Wildman–Crippen MR) is 99.6 cm³/mol. The third-order valence-electron chi connectivity index (χ3n) is 2.90. The highest BCUT2D eigenvalue weighted by molar-refractivity contribution is 9.11. The Morgan fingerprint density at radius 2 is 1.59 bits per heavy atom. The Bertz CT molecular complexity index is 694. The SMILES string of the molecule is Cc1ccc(OCC(=O)Nc2c(Br)cc(C)cc2Br)c(Br)c1. The first kappa shape index (κ1) is 17.5. The number of carbonyl (C=O) groups is 1. The first-order valence-corrected chi connectivity index (χ1v) is 8.89. The first-order valence-electron chi connectivity index (χ1n) is 6.51. The number of carbonyl (C=O) groups excluding carboxylic acids is 1. The van der Waals surface area contributed by atoms with Gasteiger partial charge in [0, 0.05) is 8.95 Å². The summed E-state index contributed by atoms with van der Waals surface area (Å²) in [6.07, 6.45) is 0. The molecule has 3 nitrogen and oxygen atoms in total. The minimum absolute atomic E-state index is 0.0611. The summed E-state index contributed by atoms with van der Waals surface area (Å²) in [5, 5.41) is 2.83. The van der Waals surface area contributed by atoms with E-state index in [4.69, 9.17) is 4.74 Å². The van der Waals surface area contributed by atoms with Gasteiger partial charge in [-0.3, -0.25) is 4.79 Å². The number of rotatable bonds is 4. The number of hydrogen-bond acceptors (Lipinski definition) is 2. The molecule has 2 rings (SSSR count). The molecule has 22 heavy (non-hydrogen) atoms. The number of ether oxygens (including phenoxy) is 1. The molecular weight excluding hydrogens is 478 g/mol. The fourth-order valence-corrected chi connectivity index (χ4v) is 4.08. The van der Waals surface area contributed by atoms with Crippen LogP contribution in [0.3, 0.4) is 0 Å². The summed E-state index contributed by atoms with van der Waals surface area (Å²) in [5.41, 5.74) is 2.91. The van der Waals surface area contributed by atoms with Crippen LogP contribution in [-0.2, 0) is 4.79 Å². The molecule has 0 radical (unpaired) electrons. The van der Waals surface area contributed by atoms with Crippen LogP contribution in [0.2, 0.25) is 0 Å². The Hall–Kier alpha value is -0.850. The molecule has 0 bridgehead atoms. The maximum atomic E-state index is 12.1. The van der Waals surface area contributed by atoms with Gasteiger partial charge in [0.05, 0.1) is 10.2 Å². The summed E-state index contributed by atoms with van der Waals surface area (Å²) in [6, 6.07) is 9.60. The average molecular weight is 492 g/mol. The molecule has 2 aromatic carbocycles. The number of hydrogen-bond donors (Lipinski definition) is 1. The number of anilines is 1. The summed E-state index contributed by atoms with van der Waals surface area (Å²) < 4.78 is 8.02. The number of nitrogens with one attached hydrogen (secondary N) is 1. The number of benzene rings is 2. The molecule has 0 unspecified atom stereocenters. The predicted octanol–water partition coefficient (Wildman–Crippen LogP) is 5.61. The van der Waals surface area contributed by atoms with E-state index in [1.807, 2.05) is 44.2 Å². The summed E-state index contributed by atoms with van der Waals surface area (Å²) in [7, 11) is 0. The third-order valence-corrected chi connectivity index (χ3v) is 4.77. The van der Waals surface area contributed by atoms with Gasteiger partial charge in [-0.05, 0) is 97.0 Å². The Morgan fingerprint density at radius 1 is 1.00 bits per heavy atom. The van der Waals surface area contributed by atoms with Crippen molar-refractivity contribution in [2.24, 2.45) is 0 Å². The van der Waals surface area contributed by atoms with Crippen LogP contribution in [-0.4, -0.2) is 12.5 Å². The molecule has 0 saturated heterocycles. The van der Waals surface area contributed by atoms with Crippen LogP contribution < -0.4 is 10.1 Å². The van der Waals surface area contributed by atoms with Crippen molar-refractivity contribution >= 4 is 59.4 Å². The van der Waals surface area contributed by atoms with Gasteiger partial charge in [-0.15, -0.1) is 0 Å². The van der Waals surface area contributed by atoms with E-state index in [9.17, 15) is 4.79 Å². The molecule has 0 aliphatic heterocycles. The first-order chi connectivity index (χ1) is 10.4. The lowest BCUT2D eigenvalue weighted by Crippen LogP contribution is -2.20. The molecular formula is C16H14Br3NO2. The van der Waals surface area contributed by atoms with Gasteiger partial charge in [0.15, 0.2) is 6.61 Å². The second-order valence-corrected chi connectivity index (χ2v) is 7.44. The van der Waals surface area contributed by atoms with E-state index >= 15 is 0 Å². The van der Waals surface area contributed by atoms with E-state index in [-0.39, 0.29) is 12.5 Å². The maximum Gasteiger partial charge on any atom is 0.262 e. The van der Waals surface area contributed by atoms with Crippen molar-refractivity contribution in [3.05, 3.63) is 54.9 Å². The lowest BCUT2D eigenvalue weighted by molar-refractivity contribution is -0.118. The molecule has 6 heteroatoms. The molecule has 0 fully saturated rings. The van der Waals surface area contributed by atoms with E-state index < -0.39 is 0 Å². The van der Waals surface area contributed by atoms with Gasteiger partial charge < -0.3 is 10.1 Å². The maximum absolute atomic E-state index is 12.1. The van der Waals surface area contributed by atoms with Gasteiger partial charge in [-0.1, -0.05) is 6.07 Å². The van der Waals surface area contributed by atoms with Gasteiger partial charge in [0.2, 0.25) is 0 Å². The van der Waals surface area contributed by atoms with Crippen molar-refractivity contribution in [2.45, 2.75) is 13.8 Å². The van der Waals surface area contributed by atoms with Crippen LogP contribution >= 0.6 is 47.8 Å². The topological polar surface area (TPSA) is 38.3 Å². The molecule has 0 saturated carbocycles. The Kier molecular flexibility index (Phi) is 6.06. The van der Waals surface area contributed by atoms with Crippen molar-refractivity contribution in [3.8, 4) is 5.75 Å². The van der Waals surface area contributed by atoms with Gasteiger partial charge in [0.25, 0.3) is 5.91 Å². The van der Waals surface area contributed by atoms with Gasteiger partial charge in [-0.25, -0.2) is 0 Å². The van der Waals surface area contributed by atoms with Crippen molar-refractivity contribution in [1.29, 1.82) is 0 Å². The fourth-order valence-electron chi connectivity index (χ4n) is 1.86. The largest absolute Gasteiger partial charge is 0.483 e. The highest BCUT2D eigenvalue weighted by Gasteiger charge is 2.11.